The minimum atomic E-state index is -0.766. The zero-order valence-electron chi connectivity index (χ0n) is 9.91. The van der Waals surface area contributed by atoms with E-state index in [1.54, 1.807) is 0 Å². The van der Waals surface area contributed by atoms with Gasteiger partial charge in [-0.15, -0.1) is 24.8 Å². The Bertz CT molecular complexity index is 362. The predicted molar refractivity (Wildman–Crippen MR) is 75.6 cm³/mol. The molecule has 6 heteroatoms. The van der Waals surface area contributed by atoms with Crippen LogP contribution in [0.2, 0.25) is 0 Å². The van der Waals surface area contributed by atoms with E-state index >= 15 is 0 Å². The fraction of sp³-hybridized carbons (Fsp3) is 0.417. The van der Waals surface area contributed by atoms with Crippen molar-refractivity contribution in [3.05, 3.63) is 35.9 Å². The van der Waals surface area contributed by atoms with Crippen LogP contribution in [0.1, 0.15) is 5.56 Å². The quantitative estimate of drug-likeness (QED) is 0.884. The normalized spacial score (nSPS) is 19.4. The number of benzene rings is 1. The summed E-state index contributed by atoms with van der Waals surface area (Å²) in [4.78, 5) is 13.0. The molecular formula is C12H18Cl2N2O2. The fourth-order valence-electron chi connectivity index (χ4n) is 1.96. The van der Waals surface area contributed by atoms with E-state index < -0.39 is 12.0 Å². The molecule has 0 bridgehead atoms. The summed E-state index contributed by atoms with van der Waals surface area (Å²) in [5.41, 5.74) is 1.23. The number of nitrogens with one attached hydrogen (secondary N) is 1. The number of halogens is 2. The summed E-state index contributed by atoms with van der Waals surface area (Å²) in [6.07, 6.45) is 0. The van der Waals surface area contributed by atoms with Crippen LogP contribution in [0.25, 0.3) is 0 Å². The van der Waals surface area contributed by atoms with E-state index in [9.17, 15) is 4.79 Å². The van der Waals surface area contributed by atoms with E-state index in [1.807, 2.05) is 18.2 Å². The van der Waals surface area contributed by atoms with Gasteiger partial charge in [0.25, 0.3) is 0 Å². The van der Waals surface area contributed by atoms with E-state index in [0.717, 1.165) is 19.6 Å². The third-order valence-corrected chi connectivity index (χ3v) is 2.81. The lowest BCUT2D eigenvalue weighted by Gasteiger charge is -2.31. The van der Waals surface area contributed by atoms with Crippen molar-refractivity contribution in [1.82, 2.24) is 10.2 Å². The highest BCUT2D eigenvalue weighted by Gasteiger charge is 2.24. The molecule has 1 aliphatic heterocycles. The van der Waals surface area contributed by atoms with Gasteiger partial charge in [0.2, 0.25) is 0 Å². The predicted octanol–water partition coefficient (Wildman–Crippen LogP) is 1.39. The molecule has 1 aromatic rings. The molecule has 0 radical (unpaired) electrons. The summed E-state index contributed by atoms with van der Waals surface area (Å²) in [6.45, 7) is 3.04. The molecule has 0 aromatic heterocycles. The maximum absolute atomic E-state index is 10.9. The number of piperazine rings is 1. The largest absolute Gasteiger partial charge is 0.480 e. The first-order valence-electron chi connectivity index (χ1n) is 5.48. The fourth-order valence-corrected chi connectivity index (χ4v) is 1.96. The number of aliphatic carboxylic acids is 1. The van der Waals surface area contributed by atoms with Crippen LogP contribution in [-0.4, -0.2) is 41.7 Å². The third kappa shape index (κ3) is 4.82. The molecule has 1 aromatic carbocycles. The van der Waals surface area contributed by atoms with Gasteiger partial charge in [0.15, 0.2) is 0 Å². The van der Waals surface area contributed by atoms with E-state index in [0.29, 0.717) is 6.54 Å². The summed E-state index contributed by atoms with van der Waals surface area (Å²) in [6, 6.07) is 9.70. The Morgan fingerprint density at radius 1 is 1.33 bits per heavy atom. The van der Waals surface area contributed by atoms with Crippen LogP contribution in [0.3, 0.4) is 0 Å². The maximum Gasteiger partial charge on any atom is 0.322 e. The molecule has 1 unspecified atom stereocenters. The Balaban J connectivity index is 0.00000144. The van der Waals surface area contributed by atoms with Crippen molar-refractivity contribution in [2.24, 2.45) is 0 Å². The first-order chi connectivity index (χ1) is 7.75. The summed E-state index contributed by atoms with van der Waals surface area (Å²) >= 11 is 0. The standard InChI is InChI=1S/C12H16N2O2.2ClH/c15-12(16)11-9-14(7-6-13-11)8-10-4-2-1-3-5-10;;/h1-5,11,13H,6-9H2,(H,15,16);2*1H. The van der Waals surface area contributed by atoms with Crippen LogP contribution < -0.4 is 5.32 Å². The van der Waals surface area contributed by atoms with Gasteiger partial charge < -0.3 is 10.4 Å². The van der Waals surface area contributed by atoms with Gasteiger partial charge in [0, 0.05) is 26.2 Å². The average molecular weight is 293 g/mol. The molecule has 2 rings (SSSR count). The van der Waals surface area contributed by atoms with Crippen molar-refractivity contribution in [3.63, 3.8) is 0 Å². The van der Waals surface area contributed by atoms with Crippen molar-refractivity contribution < 1.29 is 9.90 Å². The van der Waals surface area contributed by atoms with Crippen LogP contribution in [0, 0.1) is 0 Å². The first kappa shape index (κ1) is 17.2. The Labute approximate surface area is 119 Å². The average Bonchev–Trinajstić information content (AvgIpc) is 2.30. The molecule has 0 saturated carbocycles. The number of nitrogens with zero attached hydrogens (tertiary/aromatic N) is 1. The molecule has 0 amide bonds. The van der Waals surface area contributed by atoms with Crippen molar-refractivity contribution in [2.75, 3.05) is 19.6 Å². The van der Waals surface area contributed by atoms with Crippen molar-refractivity contribution in [2.45, 2.75) is 12.6 Å². The monoisotopic (exact) mass is 292 g/mol. The lowest BCUT2D eigenvalue weighted by atomic mass is 10.1. The van der Waals surface area contributed by atoms with Crippen LogP contribution in [0.4, 0.5) is 0 Å². The van der Waals surface area contributed by atoms with E-state index in [4.69, 9.17) is 5.11 Å². The zero-order valence-corrected chi connectivity index (χ0v) is 11.5. The lowest BCUT2D eigenvalue weighted by molar-refractivity contribution is -0.140. The molecule has 1 saturated heterocycles. The van der Waals surface area contributed by atoms with Gasteiger partial charge >= 0.3 is 5.97 Å². The van der Waals surface area contributed by atoms with Crippen LogP contribution >= 0.6 is 24.8 Å². The third-order valence-electron chi connectivity index (χ3n) is 2.81. The number of carbonyl (C=O) groups is 1. The number of rotatable bonds is 3. The molecule has 1 aliphatic rings. The lowest BCUT2D eigenvalue weighted by Crippen LogP contribution is -2.53. The first-order valence-corrected chi connectivity index (χ1v) is 5.48. The summed E-state index contributed by atoms with van der Waals surface area (Å²) < 4.78 is 0. The highest BCUT2D eigenvalue weighted by molar-refractivity contribution is 5.85. The van der Waals surface area contributed by atoms with Gasteiger partial charge in [-0.3, -0.25) is 9.69 Å². The van der Waals surface area contributed by atoms with E-state index in [2.05, 4.69) is 22.3 Å². The second kappa shape index (κ2) is 8.32. The van der Waals surface area contributed by atoms with E-state index in [-0.39, 0.29) is 24.8 Å². The Hall–Kier alpha value is -0.810. The number of hydrogen-bond acceptors (Lipinski definition) is 3. The highest BCUT2D eigenvalue weighted by Crippen LogP contribution is 2.07. The number of carboxylic acid groups (broad SMARTS) is 1. The summed E-state index contributed by atoms with van der Waals surface area (Å²) in [5.74, 6) is -0.766. The highest BCUT2D eigenvalue weighted by atomic mass is 35.5. The van der Waals surface area contributed by atoms with Crippen molar-refractivity contribution >= 4 is 30.8 Å². The van der Waals surface area contributed by atoms with Crippen LogP contribution in [-0.2, 0) is 11.3 Å². The Morgan fingerprint density at radius 2 is 2.00 bits per heavy atom. The number of carboxylic acids is 1. The van der Waals surface area contributed by atoms with Crippen LogP contribution in [0.15, 0.2) is 30.3 Å². The smallest absolute Gasteiger partial charge is 0.322 e. The van der Waals surface area contributed by atoms with Gasteiger partial charge in [0.05, 0.1) is 0 Å². The Morgan fingerprint density at radius 3 is 2.61 bits per heavy atom. The molecule has 18 heavy (non-hydrogen) atoms. The minimum Gasteiger partial charge on any atom is -0.480 e. The van der Waals surface area contributed by atoms with E-state index in [1.165, 1.54) is 5.56 Å². The van der Waals surface area contributed by atoms with Crippen molar-refractivity contribution in [3.8, 4) is 0 Å². The molecular weight excluding hydrogens is 275 g/mol. The van der Waals surface area contributed by atoms with Gasteiger partial charge in [-0.1, -0.05) is 30.3 Å². The molecule has 1 heterocycles. The molecule has 1 atom stereocenters. The molecule has 0 aliphatic carbocycles. The van der Waals surface area contributed by atoms with Crippen LogP contribution in [0.5, 0.6) is 0 Å². The molecule has 2 N–H and O–H groups in total. The topological polar surface area (TPSA) is 52.6 Å². The van der Waals surface area contributed by atoms with Gasteiger partial charge in [-0.2, -0.15) is 0 Å². The summed E-state index contributed by atoms with van der Waals surface area (Å²) in [5, 5.41) is 11.9. The zero-order chi connectivity index (χ0) is 11.4. The molecule has 4 nitrogen and oxygen atoms in total. The second-order valence-corrected chi connectivity index (χ2v) is 4.07. The minimum absolute atomic E-state index is 0. The van der Waals surface area contributed by atoms with Crippen molar-refractivity contribution in [1.29, 1.82) is 0 Å². The second-order valence-electron chi connectivity index (χ2n) is 4.07. The maximum atomic E-state index is 10.9. The summed E-state index contributed by atoms with van der Waals surface area (Å²) in [7, 11) is 0. The Kier molecular flexibility index (Phi) is 7.95. The van der Waals surface area contributed by atoms with Gasteiger partial charge in [-0.25, -0.2) is 0 Å². The van der Waals surface area contributed by atoms with Gasteiger partial charge in [-0.05, 0) is 5.56 Å². The number of hydrogen-bond donors (Lipinski definition) is 2. The molecule has 1 fully saturated rings. The molecule has 102 valence electrons. The van der Waals surface area contributed by atoms with Gasteiger partial charge in [0.1, 0.15) is 6.04 Å². The molecule has 0 spiro atoms. The SMILES string of the molecule is Cl.Cl.O=C(O)C1CN(Cc2ccccc2)CCN1.